The average Bonchev–Trinajstić information content (AvgIpc) is 2.88. The molecule has 3 aromatic rings. The van der Waals surface area contributed by atoms with Crippen LogP contribution in [0.25, 0.3) is 0 Å². The average molecular weight is 642 g/mol. The number of benzene rings is 3. The van der Waals surface area contributed by atoms with Gasteiger partial charge in [0, 0.05) is 26.2 Å². The largest absolute Gasteiger partial charge is 1.00 e. The summed E-state index contributed by atoms with van der Waals surface area (Å²) in [6, 6.07) is 19.4. The van der Waals surface area contributed by atoms with E-state index >= 15 is 0 Å². The number of nitrogens with one attached hydrogen (secondary N) is 2. The van der Waals surface area contributed by atoms with E-state index in [1.807, 2.05) is 20.8 Å². The molecule has 2 N–H and O–H groups in total. The molecule has 3 rings (SSSR count). The predicted molar refractivity (Wildman–Crippen MR) is 154 cm³/mol. The minimum atomic E-state index is -3.88. The summed E-state index contributed by atoms with van der Waals surface area (Å²) in [5.41, 5.74) is 2.79. The molecule has 0 aliphatic rings. The first-order valence-electron chi connectivity index (χ1n) is 12.5. The van der Waals surface area contributed by atoms with Crippen LogP contribution in [0.4, 0.5) is 0 Å². The van der Waals surface area contributed by atoms with Crippen molar-refractivity contribution in [2.24, 2.45) is 0 Å². The molecule has 0 atom stereocenters. The first-order chi connectivity index (χ1) is 18.3. The number of nitrogens with zero attached hydrogens (tertiary/aromatic N) is 1. The van der Waals surface area contributed by atoms with Gasteiger partial charge in [0.05, 0.1) is 14.7 Å². The third-order valence-corrected chi connectivity index (χ3v) is 10.9. The van der Waals surface area contributed by atoms with Crippen LogP contribution in [0.5, 0.6) is 0 Å². The third-order valence-electron chi connectivity index (χ3n) is 6.07. The Morgan fingerprint density at radius 1 is 0.537 bits per heavy atom. The Hall–Kier alpha value is -0.610. The van der Waals surface area contributed by atoms with E-state index < -0.39 is 30.1 Å². The van der Waals surface area contributed by atoms with Crippen molar-refractivity contribution in [2.45, 2.75) is 48.3 Å². The van der Waals surface area contributed by atoms with E-state index in [0.717, 1.165) is 16.7 Å². The van der Waals surface area contributed by atoms with Crippen LogP contribution in [0.15, 0.2) is 87.5 Å². The molecule has 0 aliphatic carbocycles. The summed E-state index contributed by atoms with van der Waals surface area (Å²) in [4.78, 5) is 0.393. The third kappa shape index (κ3) is 11.4. The van der Waals surface area contributed by atoms with E-state index in [1.165, 1.54) is 40.7 Å². The summed E-state index contributed by atoms with van der Waals surface area (Å²) < 4.78 is 83.3. The van der Waals surface area contributed by atoms with Gasteiger partial charge in [0.2, 0.25) is 30.1 Å². The zero-order valence-electron chi connectivity index (χ0n) is 26.3. The van der Waals surface area contributed by atoms with E-state index in [1.54, 1.807) is 36.4 Å². The van der Waals surface area contributed by atoms with Crippen molar-refractivity contribution in [2.75, 3.05) is 26.2 Å². The fourth-order valence-electron chi connectivity index (χ4n) is 3.74. The van der Waals surface area contributed by atoms with Gasteiger partial charge in [-0.05, 0) is 70.0 Å². The van der Waals surface area contributed by atoms with Gasteiger partial charge >= 0.3 is 59.1 Å². The maximum Gasteiger partial charge on any atom is 1.00 e. The van der Waals surface area contributed by atoms with Crippen molar-refractivity contribution in [1.29, 1.82) is 0 Å². The van der Waals surface area contributed by atoms with Crippen LogP contribution in [-0.2, 0) is 30.1 Å². The van der Waals surface area contributed by atoms with E-state index in [2.05, 4.69) is 9.44 Å². The molecule has 9 nitrogen and oxygen atoms in total. The van der Waals surface area contributed by atoms with Crippen LogP contribution in [0.3, 0.4) is 0 Å². The molecule has 216 valence electrons. The Labute approximate surface area is 292 Å². The standard InChI is InChI=1S/C27H35N3O6S3.2Na.2H/c1-22-6-12-25(13-7-22)37(31,32)28-18-4-20-30(39(35,36)27-16-10-24(3)11-17-27)21-5-19-29-38(33,34)26-14-8-23(2)9-15-26;;;;/h6-17,28-29H,4-5,18-21H2,1-3H3;;;;/q;2*+1;2*-1. The van der Waals surface area contributed by atoms with E-state index in [0.29, 0.717) is 0 Å². The number of hydrogen-bond acceptors (Lipinski definition) is 6. The summed E-state index contributed by atoms with van der Waals surface area (Å²) in [5.74, 6) is 0. The molecule has 0 unspecified atom stereocenters. The van der Waals surface area contributed by atoms with Crippen molar-refractivity contribution < 1.29 is 87.2 Å². The molecule has 0 saturated heterocycles. The molecular formula is C27H37N3Na2O6S3. The fraction of sp³-hybridized carbons (Fsp3) is 0.333. The maximum absolute atomic E-state index is 13.4. The summed E-state index contributed by atoms with van der Waals surface area (Å²) in [6.45, 7) is 5.76. The van der Waals surface area contributed by atoms with Crippen LogP contribution in [0.2, 0.25) is 0 Å². The smallest absolute Gasteiger partial charge is 1.00 e. The first-order valence-corrected chi connectivity index (χ1v) is 16.9. The van der Waals surface area contributed by atoms with Crippen LogP contribution in [0.1, 0.15) is 32.4 Å². The molecule has 0 aliphatic heterocycles. The molecule has 0 amide bonds. The normalized spacial score (nSPS) is 12.0. The minimum Gasteiger partial charge on any atom is -1.00 e. The van der Waals surface area contributed by atoms with E-state index in [9.17, 15) is 25.3 Å². The number of aryl methyl sites for hydroxylation is 3. The van der Waals surface area contributed by atoms with Crippen molar-refractivity contribution >= 4 is 30.1 Å². The summed E-state index contributed by atoms with van der Waals surface area (Å²) in [5, 5.41) is 0. The Morgan fingerprint density at radius 2 is 0.829 bits per heavy atom. The van der Waals surface area contributed by atoms with Gasteiger partial charge in [-0.3, -0.25) is 0 Å². The van der Waals surface area contributed by atoms with Crippen LogP contribution in [0, 0.1) is 20.8 Å². The molecule has 14 heteroatoms. The zero-order chi connectivity index (χ0) is 28.7. The second-order valence-electron chi connectivity index (χ2n) is 9.35. The molecule has 41 heavy (non-hydrogen) atoms. The van der Waals surface area contributed by atoms with Gasteiger partial charge in [0.15, 0.2) is 0 Å². The maximum atomic E-state index is 13.4. The molecule has 0 heterocycles. The number of hydrogen-bond donors (Lipinski definition) is 2. The van der Waals surface area contributed by atoms with Crippen molar-refractivity contribution in [3.63, 3.8) is 0 Å². The monoisotopic (exact) mass is 641 g/mol. The molecular weight excluding hydrogens is 604 g/mol. The molecule has 0 saturated carbocycles. The second-order valence-corrected chi connectivity index (χ2v) is 14.8. The van der Waals surface area contributed by atoms with Gasteiger partial charge in [-0.25, -0.2) is 34.7 Å². The second kappa shape index (κ2) is 17.0. The topological polar surface area (TPSA) is 130 Å². The van der Waals surface area contributed by atoms with Crippen molar-refractivity contribution in [1.82, 2.24) is 13.7 Å². The minimum absolute atomic E-state index is 0. The molecule has 3 aromatic carbocycles. The Bertz CT molecular complexity index is 1490. The molecule has 0 fully saturated rings. The van der Waals surface area contributed by atoms with Crippen molar-refractivity contribution in [3.05, 3.63) is 89.5 Å². The van der Waals surface area contributed by atoms with Gasteiger partial charge in [0.1, 0.15) is 0 Å². The van der Waals surface area contributed by atoms with Gasteiger partial charge < -0.3 is 2.85 Å². The number of rotatable bonds is 14. The van der Waals surface area contributed by atoms with Gasteiger partial charge in [-0.15, -0.1) is 0 Å². The zero-order valence-corrected chi connectivity index (χ0v) is 30.7. The van der Waals surface area contributed by atoms with Crippen LogP contribution in [-0.4, -0.2) is 55.7 Å². The SMILES string of the molecule is Cc1ccc(S(=O)(=O)NCCCN(CCCNS(=O)(=O)c2ccc(C)cc2)S(=O)(=O)c2ccc(C)cc2)cc1.[H-].[H-].[Na+].[Na+]. The van der Waals surface area contributed by atoms with Crippen molar-refractivity contribution in [3.8, 4) is 0 Å². The summed E-state index contributed by atoms with van der Waals surface area (Å²) in [7, 11) is -11.3. The molecule has 0 aromatic heterocycles. The van der Waals surface area contributed by atoms with Gasteiger partial charge in [0.25, 0.3) is 0 Å². The number of sulfonamides is 3. The Balaban J connectivity index is 0. The van der Waals surface area contributed by atoms with E-state index in [-0.39, 0.29) is 116 Å². The molecule has 0 spiro atoms. The Kier molecular flexibility index (Phi) is 16.0. The quantitative estimate of drug-likeness (QED) is 0.149. The van der Waals surface area contributed by atoms with Gasteiger partial charge in [-0.1, -0.05) is 53.1 Å². The molecule has 0 radical (unpaired) electrons. The van der Waals surface area contributed by atoms with E-state index in [4.69, 9.17) is 0 Å². The summed E-state index contributed by atoms with van der Waals surface area (Å²) in [6.07, 6.45) is 0.455. The Morgan fingerprint density at radius 3 is 1.15 bits per heavy atom. The predicted octanol–water partition coefficient (Wildman–Crippen LogP) is -2.43. The summed E-state index contributed by atoms with van der Waals surface area (Å²) >= 11 is 0. The molecule has 0 bridgehead atoms. The van der Waals surface area contributed by atoms with Crippen LogP contribution >= 0.6 is 0 Å². The van der Waals surface area contributed by atoms with Gasteiger partial charge in [-0.2, -0.15) is 4.31 Å². The fourth-order valence-corrected chi connectivity index (χ4v) is 7.40. The van der Waals surface area contributed by atoms with Crippen LogP contribution < -0.4 is 68.6 Å². The first kappa shape index (κ1) is 38.4.